The highest BCUT2D eigenvalue weighted by Crippen LogP contribution is 2.41. The van der Waals surface area contributed by atoms with Crippen LogP contribution in [0.5, 0.6) is 0 Å². The third kappa shape index (κ3) is 4.91. The predicted octanol–water partition coefficient (Wildman–Crippen LogP) is 5.15. The Morgan fingerprint density at radius 1 is 1.32 bits per heavy atom. The van der Waals surface area contributed by atoms with Gasteiger partial charge in [-0.2, -0.15) is 0 Å². The van der Waals surface area contributed by atoms with Gasteiger partial charge in [0.15, 0.2) is 11.0 Å². The number of hydrogen-bond donors (Lipinski definition) is 2. The van der Waals surface area contributed by atoms with Crippen LogP contribution in [0.1, 0.15) is 32.3 Å². The Morgan fingerprint density at radius 3 is 2.68 bits per heavy atom. The highest BCUT2D eigenvalue weighted by molar-refractivity contribution is 14.1. The van der Waals surface area contributed by atoms with Crippen molar-refractivity contribution in [2.24, 2.45) is 18.9 Å². The first-order valence-electron chi connectivity index (χ1n) is 9.33. The van der Waals surface area contributed by atoms with Crippen LogP contribution < -0.4 is 15.6 Å². The molecule has 1 aromatic heterocycles. The first-order chi connectivity index (χ1) is 13.2. The Balaban J connectivity index is 1.88. The van der Waals surface area contributed by atoms with Gasteiger partial charge >= 0.3 is 0 Å². The minimum absolute atomic E-state index is 0.103. The Bertz CT molecular complexity index is 977. The summed E-state index contributed by atoms with van der Waals surface area (Å²) in [6.07, 6.45) is 2.10. The normalized spacial score (nSPS) is 19.5. The van der Waals surface area contributed by atoms with E-state index >= 15 is 0 Å². The number of nitrogens with one attached hydrogen (secondary N) is 2. The first-order valence-corrected chi connectivity index (χ1v) is 12.1. The van der Waals surface area contributed by atoms with Crippen molar-refractivity contribution in [1.82, 2.24) is 4.57 Å². The monoisotopic (exact) mass is 534 g/mol. The van der Waals surface area contributed by atoms with Crippen LogP contribution in [0.25, 0.3) is 0 Å². The van der Waals surface area contributed by atoms with E-state index < -0.39 is 11.0 Å². The Morgan fingerprint density at radius 2 is 2.04 bits per heavy atom. The Labute approximate surface area is 187 Å². The number of benzene rings is 1. The molecule has 28 heavy (non-hydrogen) atoms. The molecule has 0 saturated heterocycles. The van der Waals surface area contributed by atoms with E-state index in [4.69, 9.17) is 11.6 Å². The van der Waals surface area contributed by atoms with Crippen molar-refractivity contribution in [2.75, 3.05) is 10.0 Å². The van der Waals surface area contributed by atoms with Crippen molar-refractivity contribution in [1.29, 1.82) is 0 Å². The molecule has 0 amide bonds. The second kappa shape index (κ2) is 8.75. The summed E-state index contributed by atoms with van der Waals surface area (Å²) < 4.78 is 18.6. The molecule has 3 atom stereocenters. The number of hydrogen-bond acceptors (Lipinski definition) is 3. The van der Waals surface area contributed by atoms with Gasteiger partial charge in [0.25, 0.3) is 5.56 Å². The molecule has 8 heteroatoms. The molecule has 1 saturated carbocycles. The minimum atomic E-state index is -1.60. The predicted molar refractivity (Wildman–Crippen MR) is 128 cm³/mol. The van der Waals surface area contributed by atoms with Crippen LogP contribution in [0.4, 0.5) is 17.2 Å². The third-order valence-corrected chi connectivity index (χ3v) is 7.65. The van der Waals surface area contributed by atoms with Gasteiger partial charge in [0.2, 0.25) is 0 Å². The summed E-state index contributed by atoms with van der Waals surface area (Å²) >= 11 is 8.55. The fourth-order valence-corrected chi connectivity index (χ4v) is 5.87. The fraction of sp³-hybridized carbons (Fsp3) is 0.450. The molecule has 0 spiro atoms. The minimum Gasteiger partial charge on any atom is -0.338 e. The zero-order chi connectivity index (χ0) is 20.6. The summed E-state index contributed by atoms with van der Waals surface area (Å²) in [7, 11) is 0.101. The van der Waals surface area contributed by atoms with E-state index in [1.807, 2.05) is 18.2 Å². The van der Waals surface area contributed by atoms with E-state index in [-0.39, 0.29) is 10.8 Å². The lowest BCUT2D eigenvalue weighted by Crippen LogP contribution is -2.24. The van der Waals surface area contributed by atoms with Crippen molar-refractivity contribution in [2.45, 2.75) is 38.9 Å². The number of halogens is 2. The molecule has 2 aromatic rings. The second-order valence-electron chi connectivity index (χ2n) is 7.83. The molecule has 152 valence electrons. The van der Waals surface area contributed by atoms with Crippen LogP contribution in [-0.2, 0) is 22.2 Å². The van der Waals surface area contributed by atoms with Crippen molar-refractivity contribution >= 4 is 62.4 Å². The molecular formula is C20H26ClIN3O2S+. The van der Waals surface area contributed by atoms with Crippen molar-refractivity contribution in [3.05, 3.63) is 48.8 Å². The fourth-order valence-electron chi connectivity index (χ4n) is 3.43. The lowest BCUT2D eigenvalue weighted by atomic mass is 10.1. The lowest BCUT2D eigenvalue weighted by Gasteiger charge is -2.17. The van der Waals surface area contributed by atoms with E-state index in [2.05, 4.69) is 46.5 Å². The van der Waals surface area contributed by atoms with Gasteiger partial charge in [0.1, 0.15) is 16.8 Å². The standard InChI is InChI=1S/C20H25ClIN3O2S/c1-11(2)7-13-9-18(13)28(27)24-17-8-12(3)20(26)25(4)19(17)23-16-6-5-14(22)10-15(16)21/h5-6,8,10-11,13,18,23H,7,9H2,1-4H3,(H,24,27)/p+1. The van der Waals surface area contributed by atoms with Crippen LogP contribution in [0.3, 0.4) is 0 Å². The van der Waals surface area contributed by atoms with Crippen LogP contribution in [-0.4, -0.2) is 9.82 Å². The smallest absolute Gasteiger partial charge is 0.254 e. The van der Waals surface area contributed by atoms with Crippen molar-refractivity contribution < 1.29 is 4.21 Å². The number of rotatable bonds is 7. The molecule has 3 rings (SSSR count). The van der Waals surface area contributed by atoms with Gasteiger partial charge in [-0.1, -0.05) is 29.7 Å². The molecule has 0 aliphatic heterocycles. The molecule has 1 aliphatic rings. The maximum Gasteiger partial charge on any atom is 0.254 e. The molecule has 2 N–H and O–H groups in total. The molecular weight excluding hydrogens is 509 g/mol. The molecule has 1 aromatic carbocycles. The van der Waals surface area contributed by atoms with E-state index in [0.29, 0.717) is 39.6 Å². The zero-order valence-corrected chi connectivity index (χ0v) is 20.2. The van der Waals surface area contributed by atoms with Gasteiger partial charge < -0.3 is 5.32 Å². The first kappa shape index (κ1) is 21.6. The summed E-state index contributed by atoms with van der Waals surface area (Å²) in [4.78, 5) is 12.5. The quantitative estimate of drug-likeness (QED) is 0.293. The highest BCUT2D eigenvalue weighted by atomic mass is 127. The average molecular weight is 535 g/mol. The van der Waals surface area contributed by atoms with Crippen molar-refractivity contribution in [3.8, 4) is 0 Å². The number of nitrogens with zero attached hydrogens (tertiary/aromatic N) is 1. The molecule has 1 fully saturated rings. The van der Waals surface area contributed by atoms with Crippen molar-refractivity contribution in [3.63, 3.8) is 0 Å². The topological polar surface area (TPSA) is 63.1 Å². The summed E-state index contributed by atoms with van der Waals surface area (Å²) in [6.45, 7) is 6.15. The Hall–Kier alpha value is -1.06. The third-order valence-electron chi connectivity index (χ3n) is 4.97. The summed E-state index contributed by atoms with van der Waals surface area (Å²) in [6, 6.07) is 7.43. The van der Waals surface area contributed by atoms with Crippen LogP contribution in [0.2, 0.25) is 5.02 Å². The number of thiol groups is 1. The lowest BCUT2D eigenvalue weighted by molar-refractivity contribution is 0.538. The van der Waals surface area contributed by atoms with E-state index in [9.17, 15) is 9.00 Å². The van der Waals surface area contributed by atoms with E-state index in [1.165, 1.54) is 4.57 Å². The van der Waals surface area contributed by atoms with Gasteiger partial charge in [-0.15, -0.1) is 0 Å². The van der Waals surface area contributed by atoms with Gasteiger partial charge in [-0.3, -0.25) is 9.36 Å². The van der Waals surface area contributed by atoms with Gasteiger partial charge in [0.05, 0.1) is 10.7 Å². The Kier molecular flexibility index (Phi) is 6.76. The largest absolute Gasteiger partial charge is 0.338 e. The highest BCUT2D eigenvalue weighted by Gasteiger charge is 2.47. The molecule has 1 aliphatic carbocycles. The summed E-state index contributed by atoms with van der Waals surface area (Å²) in [5.74, 6) is 1.69. The molecule has 1 heterocycles. The number of pyridine rings is 1. The van der Waals surface area contributed by atoms with Crippen LogP contribution in [0.15, 0.2) is 29.1 Å². The molecule has 3 unspecified atom stereocenters. The SMILES string of the molecule is Cc1cc(N[SH+](=O)C2CC2CC(C)C)c(Nc2ccc(I)cc2Cl)n(C)c1=O. The number of anilines is 3. The molecule has 5 nitrogen and oxygen atoms in total. The second-order valence-corrected chi connectivity index (χ2v) is 11.0. The molecule has 0 radical (unpaired) electrons. The van der Waals surface area contributed by atoms with Crippen LogP contribution >= 0.6 is 34.2 Å². The maximum atomic E-state index is 12.9. The maximum absolute atomic E-state index is 12.9. The summed E-state index contributed by atoms with van der Waals surface area (Å²) in [5.41, 5.74) is 1.85. The van der Waals surface area contributed by atoms with E-state index in [0.717, 1.165) is 16.4 Å². The molecule has 0 bridgehead atoms. The van der Waals surface area contributed by atoms with Crippen LogP contribution in [0, 0.1) is 22.3 Å². The average Bonchev–Trinajstić information content (AvgIpc) is 3.36. The van der Waals surface area contributed by atoms with Gasteiger partial charge in [0, 0.05) is 28.5 Å². The zero-order valence-electron chi connectivity index (χ0n) is 16.4. The summed E-state index contributed by atoms with van der Waals surface area (Å²) in [5, 5.41) is 4.01. The van der Waals surface area contributed by atoms with Gasteiger partial charge in [-0.05, 0) is 66.1 Å². The number of aryl methyl sites for hydroxylation is 1. The van der Waals surface area contributed by atoms with Gasteiger partial charge in [-0.25, -0.2) is 4.72 Å². The number of aromatic nitrogens is 1. The van der Waals surface area contributed by atoms with E-state index in [1.54, 1.807) is 20.0 Å².